The minimum Gasteiger partial charge on any atom is -0.366 e. The summed E-state index contributed by atoms with van der Waals surface area (Å²) in [6.45, 7) is 2.06. The zero-order valence-corrected chi connectivity index (χ0v) is 18.8. The molecule has 2 aromatic heterocycles. The van der Waals surface area contributed by atoms with Crippen LogP contribution in [0.3, 0.4) is 0 Å². The molecule has 0 spiro atoms. The zero-order valence-electron chi connectivity index (χ0n) is 18.0. The maximum absolute atomic E-state index is 13.3. The Labute approximate surface area is 197 Å². The van der Waals surface area contributed by atoms with Crippen molar-refractivity contribution in [2.24, 2.45) is 5.73 Å². The minimum absolute atomic E-state index is 0. The van der Waals surface area contributed by atoms with E-state index in [1.807, 2.05) is 18.2 Å². The van der Waals surface area contributed by atoms with Crippen molar-refractivity contribution in [1.82, 2.24) is 19.9 Å². The van der Waals surface area contributed by atoms with Gasteiger partial charge in [-0.05, 0) is 41.8 Å². The number of aromatic nitrogens is 4. The fourth-order valence-corrected chi connectivity index (χ4v) is 3.48. The van der Waals surface area contributed by atoms with Gasteiger partial charge in [0.25, 0.3) is 0 Å². The van der Waals surface area contributed by atoms with Gasteiger partial charge in [-0.3, -0.25) is 14.8 Å². The first-order valence-electron chi connectivity index (χ1n) is 10.3. The van der Waals surface area contributed by atoms with Gasteiger partial charge in [-0.1, -0.05) is 31.2 Å². The van der Waals surface area contributed by atoms with Crippen molar-refractivity contribution in [1.29, 1.82) is 0 Å². The van der Waals surface area contributed by atoms with Crippen molar-refractivity contribution in [2.75, 3.05) is 0 Å². The van der Waals surface area contributed by atoms with Crippen molar-refractivity contribution in [3.05, 3.63) is 107 Å². The third-order valence-electron chi connectivity index (χ3n) is 5.20. The van der Waals surface area contributed by atoms with Crippen LogP contribution < -0.4 is 5.73 Å². The summed E-state index contributed by atoms with van der Waals surface area (Å²) < 4.78 is 13.3. The summed E-state index contributed by atoms with van der Waals surface area (Å²) in [4.78, 5) is 29.4. The van der Waals surface area contributed by atoms with Gasteiger partial charge >= 0.3 is 0 Å². The molecule has 0 saturated carbocycles. The highest BCUT2D eigenvalue weighted by Crippen LogP contribution is 2.23. The number of amides is 1. The lowest BCUT2D eigenvalue weighted by atomic mass is 9.97. The Hall–Kier alpha value is -3.71. The van der Waals surface area contributed by atoms with E-state index in [1.165, 1.54) is 12.1 Å². The Morgan fingerprint density at radius 1 is 1.00 bits per heavy atom. The molecule has 2 N–H and O–H groups in total. The Kier molecular flexibility index (Phi) is 7.79. The van der Waals surface area contributed by atoms with Gasteiger partial charge in [-0.15, -0.1) is 12.4 Å². The molecule has 1 atom stereocenters. The summed E-state index contributed by atoms with van der Waals surface area (Å²) >= 11 is 0. The van der Waals surface area contributed by atoms with E-state index < -0.39 is 5.91 Å². The minimum atomic E-state index is -0.476. The summed E-state index contributed by atoms with van der Waals surface area (Å²) in [5.74, 6) is 0.0471. The molecule has 8 heteroatoms. The van der Waals surface area contributed by atoms with E-state index in [9.17, 15) is 9.18 Å². The third-order valence-corrected chi connectivity index (χ3v) is 5.20. The largest absolute Gasteiger partial charge is 0.366 e. The number of benzene rings is 2. The molecule has 0 aliphatic rings. The summed E-state index contributed by atoms with van der Waals surface area (Å²) in [5, 5.41) is 0. The van der Waals surface area contributed by atoms with Crippen LogP contribution in [-0.2, 0) is 12.8 Å². The van der Waals surface area contributed by atoms with Crippen LogP contribution in [0.5, 0.6) is 0 Å². The molecule has 2 aromatic carbocycles. The van der Waals surface area contributed by atoms with Gasteiger partial charge in [0.1, 0.15) is 11.6 Å². The van der Waals surface area contributed by atoms with Gasteiger partial charge in [0.15, 0.2) is 0 Å². The lowest BCUT2D eigenvalue weighted by Crippen LogP contribution is -2.10. The first kappa shape index (κ1) is 23.9. The van der Waals surface area contributed by atoms with Crippen LogP contribution in [0.4, 0.5) is 4.39 Å². The monoisotopic (exact) mass is 463 g/mol. The van der Waals surface area contributed by atoms with Gasteiger partial charge in [0.2, 0.25) is 5.91 Å². The van der Waals surface area contributed by atoms with Gasteiger partial charge in [-0.25, -0.2) is 14.4 Å². The smallest absolute Gasteiger partial charge is 0.248 e. The highest BCUT2D eigenvalue weighted by molar-refractivity contribution is 5.93. The third kappa shape index (κ3) is 6.17. The van der Waals surface area contributed by atoms with E-state index in [1.54, 1.807) is 42.9 Å². The number of hydrogen-bond donors (Lipinski definition) is 1. The van der Waals surface area contributed by atoms with Crippen molar-refractivity contribution in [3.8, 4) is 11.3 Å². The van der Waals surface area contributed by atoms with Crippen LogP contribution in [0.25, 0.3) is 11.3 Å². The molecule has 168 valence electrons. The molecule has 33 heavy (non-hydrogen) atoms. The molecule has 0 radical (unpaired) electrons. The number of nitrogens with zero attached hydrogens (tertiary/aromatic N) is 4. The molecule has 0 saturated heterocycles. The summed E-state index contributed by atoms with van der Waals surface area (Å²) in [6, 6.07) is 15.4. The molecule has 0 aliphatic heterocycles. The Bertz CT molecular complexity index is 1220. The topological polar surface area (TPSA) is 94.6 Å². The Morgan fingerprint density at radius 3 is 2.36 bits per heavy atom. The number of carbonyl (C=O) groups excluding carboxylic acids is 1. The molecule has 0 unspecified atom stereocenters. The Balaban J connectivity index is 0.00000306. The van der Waals surface area contributed by atoms with Crippen LogP contribution >= 0.6 is 12.4 Å². The average molecular weight is 464 g/mol. The van der Waals surface area contributed by atoms with E-state index in [2.05, 4.69) is 16.9 Å². The standard InChI is InChI=1S/C25H22FN5O.ClH/c1-16(17-6-8-20(26)9-7-17)12-24-30-21(13-22-15-28-10-11-29-22)14-23(31-24)18-2-4-19(5-3-18)25(27)32;/h2-11,14-16H,12-13H2,1H3,(H2,27,32);1H/t16-;/m1./s1. The summed E-state index contributed by atoms with van der Waals surface area (Å²) in [5.41, 5.74) is 10.0. The van der Waals surface area contributed by atoms with E-state index in [-0.39, 0.29) is 24.1 Å². The lowest BCUT2D eigenvalue weighted by molar-refractivity contribution is 0.100. The Morgan fingerprint density at radius 2 is 1.73 bits per heavy atom. The number of halogens is 2. The van der Waals surface area contributed by atoms with Crippen molar-refractivity contribution < 1.29 is 9.18 Å². The van der Waals surface area contributed by atoms with E-state index >= 15 is 0 Å². The molecular formula is C25H23ClFN5O. The number of hydrogen-bond acceptors (Lipinski definition) is 5. The van der Waals surface area contributed by atoms with Crippen LogP contribution in [-0.4, -0.2) is 25.8 Å². The van der Waals surface area contributed by atoms with Crippen LogP contribution in [0.2, 0.25) is 0 Å². The SMILES string of the molecule is C[C@H](Cc1nc(Cc2cnccn2)cc(-c2ccc(C(N)=O)cc2)n1)c1ccc(F)cc1.Cl. The molecular weight excluding hydrogens is 441 g/mol. The maximum Gasteiger partial charge on any atom is 0.248 e. The van der Waals surface area contributed by atoms with E-state index in [0.717, 1.165) is 28.2 Å². The van der Waals surface area contributed by atoms with Gasteiger partial charge in [0.05, 0.1) is 17.1 Å². The number of carbonyl (C=O) groups is 1. The fraction of sp³-hybridized carbons (Fsp3) is 0.160. The quantitative estimate of drug-likeness (QED) is 0.434. The predicted octanol–water partition coefficient (Wildman–Crippen LogP) is 4.53. The lowest BCUT2D eigenvalue weighted by Gasteiger charge is -2.13. The number of primary amides is 1. The van der Waals surface area contributed by atoms with Crippen molar-refractivity contribution >= 4 is 18.3 Å². The fourth-order valence-electron chi connectivity index (χ4n) is 3.48. The molecule has 6 nitrogen and oxygen atoms in total. The molecule has 4 rings (SSSR count). The second-order valence-corrected chi connectivity index (χ2v) is 7.63. The van der Waals surface area contributed by atoms with Gasteiger partial charge in [0, 0.05) is 42.6 Å². The molecule has 0 fully saturated rings. The first-order chi connectivity index (χ1) is 15.5. The normalized spacial score (nSPS) is 11.5. The van der Waals surface area contributed by atoms with E-state index in [4.69, 9.17) is 15.7 Å². The molecule has 0 aliphatic carbocycles. The molecule has 0 bridgehead atoms. The second kappa shape index (κ2) is 10.7. The number of rotatable bonds is 7. The predicted molar refractivity (Wildman–Crippen MR) is 127 cm³/mol. The average Bonchev–Trinajstić information content (AvgIpc) is 2.80. The van der Waals surface area contributed by atoms with Gasteiger partial charge < -0.3 is 5.73 Å². The molecule has 4 aromatic rings. The number of nitrogens with two attached hydrogens (primary N) is 1. The van der Waals surface area contributed by atoms with Crippen LogP contribution in [0, 0.1) is 5.82 Å². The van der Waals surface area contributed by atoms with Crippen molar-refractivity contribution in [3.63, 3.8) is 0 Å². The van der Waals surface area contributed by atoms with Crippen molar-refractivity contribution in [2.45, 2.75) is 25.7 Å². The van der Waals surface area contributed by atoms with Crippen LogP contribution in [0.15, 0.2) is 73.2 Å². The van der Waals surface area contributed by atoms with Crippen LogP contribution in [0.1, 0.15) is 46.0 Å². The highest BCUT2D eigenvalue weighted by atomic mass is 35.5. The summed E-state index contributed by atoms with van der Waals surface area (Å²) in [7, 11) is 0. The van der Waals surface area contributed by atoms with Gasteiger partial charge in [-0.2, -0.15) is 0 Å². The first-order valence-corrected chi connectivity index (χ1v) is 10.3. The maximum atomic E-state index is 13.3. The molecule has 2 heterocycles. The van der Waals surface area contributed by atoms with E-state index in [0.29, 0.717) is 24.2 Å². The zero-order chi connectivity index (χ0) is 22.5. The highest BCUT2D eigenvalue weighted by Gasteiger charge is 2.13. The molecule has 1 amide bonds. The second-order valence-electron chi connectivity index (χ2n) is 7.63. The summed E-state index contributed by atoms with van der Waals surface area (Å²) in [6.07, 6.45) is 6.10.